The Labute approximate surface area is 113 Å². The second kappa shape index (κ2) is 5.72. The van der Waals surface area contributed by atoms with E-state index >= 15 is 0 Å². The van der Waals surface area contributed by atoms with Gasteiger partial charge >= 0.3 is 0 Å². The van der Waals surface area contributed by atoms with Crippen LogP contribution in [-0.4, -0.2) is 11.9 Å². The van der Waals surface area contributed by atoms with Crippen LogP contribution in [-0.2, 0) is 4.79 Å². The maximum atomic E-state index is 12.1. The van der Waals surface area contributed by atoms with E-state index in [-0.39, 0.29) is 23.9 Å². The van der Waals surface area contributed by atoms with Crippen LogP contribution in [0.2, 0.25) is 5.02 Å². The largest absolute Gasteiger partial charge is 0.349 e. The topological polar surface area (TPSA) is 55.1 Å². The van der Waals surface area contributed by atoms with Crippen molar-refractivity contribution in [2.75, 3.05) is 0 Å². The molecule has 1 fully saturated rings. The van der Waals surface area contributed by atoms with Crippen molar-refractivity contribution in [3.63, 3.8) is 0 Å². The summed E-state index contributed by atoms with van der Waals surface area (Å²) >= 11 is 5.84. The molecule has 1 aromatic carbocycles. The fourth-order valence-electron chi connectivity index (χ4n) is 2.47. The molecule has 1 aromatic rings. The Morgan fingerprint density at radius 1 is 1.39 bits per heavy atom. The summed E-state index contributed by atoms with van der Waals surface area (Å²) in [4.78, 5) is 12.1. The molecule has 98 valence electrons. The fourth-order valence-corrected chi connectivity index (χ4v) is 2.60. The number of benzene rings is 1. The molecular formula is C14H19ClN2O. The molecular weight excluding hydrogens is 248 g/mol. The molecule has 3 nitrogen and oxygen atoms in total. The minimum Gasteiger partial charge on any atom is -0.349 e. The lowest BCUT2D eigenvalue weighted by Crippen LogP contribution is -2.39. The number of amides is 1. The standard InChI is InChI=1S/C14H19ClN2O/c1-9(10-5-7-11(15)8-6-10)17-14(18)12-3-2-4-13(12)16/h5-9,12-13H,2-4,16H2,1H3,(H,17,18)/t9-,12?,13?/m1/s1. The number of halogens is 1. The Bertz CT molecular complexity index is 418. The fraction of sp³-hybridized carbons (Fsp3) is 0.500. The van der Waals surface area contributed by atoms with Gasteiger partial charge in [-0.25, -0.2) is 0 Å². The van der Waals surface area contributed by atoms with Crippen molar-refractivity contribution in [1.82, 2.24) is 5.32 Å². The van der Waals surface area contributed by atoms with Gasteiger partial charge in [-0.1, -0.05) is 30.2 Å². The summed E-state index contributed by atoms with van der Waals surface area (Å²) in [5, 5.41) is 3.73. The third-order valence-corrected chi connectivity index (χ3v) is 3.89. The Balaban J connectivity index is 1.96. The molecule has 0 bridgehead atoms. The van der Waals surface area contributed by atoms with Crippen LogP contribution < -0.4 is 11.1 Å². The van der Waals surface area contributed by atoms with Gasteiger partial charge in [-0.05, 0) is 37.5 Å². The molecule has 1 saturated carbocycles. The van der Waals surface area contributed by atoms with Crippen molar-refractivity contribution in [3.05, 3.63) is 34.9 Å². The van der Waals surface area contributed by atoms with Crippen molar-refractivity contribution in [2.45, 2.75) is 38.3 Å². The van der Waals surface area contributed by atoms with Crippen LogP contribution in [0.5, 0.6) is 0 Å². The molecule has 1 aliphatic rings. The molecule has 2 rings (SSSR count). The molecule has 3 atom stereocenters. The lowest BCUT2D eigenvalue weighted by atomic mass is 10.0. The zero-order valence-electron chi connectivity index (χ0n) is 10.5. The van der Waals surface area contributed by atoms with Gasteiger partial charge in [-0.15, -0.1) is 0 Å². The first-order valence-electron chi connectivity index (χ1n) is 6.39. The highest BCUT2D eigenvalue weighted by molar-refractivity contribution is 6.30. The highest BCUT2D eigenvalue weighted by Crippen LogP contribution is 2.25. The zero-order valence-corrected chi connectivity index (χ0v) is 11.3. The van der Waals surface area contributed by atoms with Gasteiger partial charge in [0, 0.05) is 11.1 Å². The Morgan fingerprint density at radius 2 is 2.06 bits per heavy atom. The van der Waals surface area contributed by atoms with Gasteiger partial charge in [0.25, 0.3) is 0 Å². The minimum atomic E-state index is -0.0280. The molecule has 0 radical (unpaired) electrons. The summed E-state index contributed by atoms with van der Waals surface area (Å²) < 4.78 is 0. The zero-order chi connectivity index (χ0) is 13.1. The minimum absolute atomic E-state index is 0.0115. The van der Waals surface area contributed by atoms with Crippen LogP contribution in [0.3, 0.4) is 0 Å². The first-order valence-corrected chi connectivity index (χ1v) is 6.77. The van der Waals surface area contributed by atoms with Crippen LogP contribution in [0.4, 0.5) is 0 Å². The number of nitrogens with two attached hydrogens (primary N) is 1. The lowest BCUT2D eigenvalue weighted by Gasteiger charge is -2.20. The van der Waals surface area contributed by atoms with Gasteiger partial charge in [0.15, 0.2) is 0 Å². The van der Waals surface area contributed by atoms with Gasteiger partial charge < -0.3 is 11.1 Å². The van der Waals surface area contributed by atoms with E-state index < -0.39 is 0 Å². The van der Waals surface area contributed by atoms with Crippen molar-refractivity contribution < 1.29 is 4.79 Å². The van der Waals surface area contributed by atoms with Gasteiger partial charge in [0.2, 0.25) is 5.91 Å². The van der Waals surface area contributed by atoms with E-state index in [9.17, 15) is 4.79 Å². The molecule has 0 aliphatic heterocycles. The third kappa shape index (κ3) is 3.03. The SMILES string of the molecule is C[C@@H](NC(=O)C1CCCC1N)c1ccc(Cl)cc1. The highest BCUT2D eigenvalue weighted by Gasteiger charge is 2.30. The van der Waals surface area contributed by atoms with Crippen molar-refractivity contribution in [2.24, 2.45) is 11.7 Å². The number of rotatable bonds is 3. The highest BCUT2D eigenvalue weighted by atomic mass is 35.5. The number of carbonyl (C=O) groups excluding carboxylic acids is 1. The molecule has 2 unspecified atom stereocenters. The van der Waals surface area contributed by atoms with Crippen molar-refractivity contribution >= 4 is 17.5 Å². The van der Waals surface area contributed by atoms with E-state index in [1.807, 2.05) is 31.2 Å². The second-order valence-electron chi connectivity index (χ2n) is 4.98. The molecule has 4 heteroatoms. The van der Waals surface area contributed by atoms with Gasteiger partial charge in [0.05, 0.1) is 12.0 Å². The summed E-state index contributed by atoms with van der Waals surface area (Å²) in [7, 11) is 0. The van der Waals surface area contributed by atoms with Crippen LogP contribution in [0.25, 0.3) is 0 Å². The molecule has 0 heterocycles. The molecule has 18 heavy (non-hydrogen) atoms. The Kier molecular flexibility index (Phi) is 4.25. The number of hydrogen-bond donors (Lipinski definition) is 2. The monoisotopic (exact) mass is 266 g/mol. The normalized spacial score (nSPS) is 24.8. The predicted octanol–water partition coefficient (Wildman–Crippen LogP) is 2.64. The average Bonchev–Trinajstić information content (AvgIpc) is 2.76. The summed E-state index contributed by atoms with van der Waals surface area (Å²) in [5.41, 5.74) is 6.99. The van der Waals surface area contributed by atoms with Gasteiger partial charge in [0.1, 0.15) is 0 Å². The van der Waals surface area contributed by atoms with E-state index in [4.69, 9.17) is 17.3 Å². The average molecular weight is 267 g/mol. The molecule has 1 amide bonds. The molecule has 0 aromatic heterocycles. The van der Waals surface area contributed by atoms with Crippen molar-refractivity contribution in [1.29, 1.82) is 0 Å². The molecule has 1 aliphatic carbocycles. The lowest BCUT2D eigenvalue weighted by molar-refractivity contribution is -0.125. The van der Waals surface area contributed by atoms with E-state index in [2.05, 4.69) is 5.32 Å². The van der Waals surface area contributed by atoms with E-state index in [1.165, 1.54) is 0 Å². The summed E-state index contributed by atoms with van der Waals surface area (Å²) in [5.74, 6) is 0.0437. The summed E-state index contributed by atoms with van der Waals surface area (Å²) in [6, 6.07) is 7.54. The van der Waals surface area contributed by atoms with Crippen LogP contribution in [0.1, 0.15) is 37.8 Å². The maximum absolute atomic E-state index is 12.1. The molecule has 0 saturated heterocycles. The summed E-state index contributed by atoms with van der Waals surface area (Å²) in [6.07, 6.45) is 2.91. The van der Waals surface area contributed by atoms with Crippen LogP contribution in [0, 0.1) is 5.92 Å². The van der Waals surface area contributed by atoms with E-state index in [1.54, 1.807) is 0 Å². The van der Waals surface area contributed by atoms with Crippen LogP contribution >= 0.6 is 11.6 Å². The molecule has 0 spiro atoms. The van der Waals surface area contributed by atoms with Crippen LogP contribution in [0.15, 0.2) is 24.3 Å². The Hall–Kier alpha value is -1.06. The first kappa shape index (κ1) is 13.4. The Morgan fingerprint density at radius 3 is 2.61 bits per heavy atom. The first-order chi connectivity index (χ1) is 8.58. The smallest absolute Gasteiger partial charge is 0.225 e. The van der Waals surface area contributed by atoms with E-state index in [0.717, 1.165) is 24.8 Å². The number of hydrogen-bond acceptors (Lipinski definition) is 2. The number of carbonyl (C=O) groups is 1. The quantitative estimate of drug-likeness (QED) is 0.884. The third-order valence-electron chi connectivity index (χ3n) is 3.63. The summed E-state index contributed by atoms with van der Waals surface area (Å²) in [6.45, 7) is 1.97. The van der Waals surface area contributed by atoms with Gasteiger partial charge in [-0.3, -0.25) is 4.79 Å². The van der Waals surface area contributed by atoms with Gasteiger partial charge in [-0.2, -0.15) is 0 Å². The second-order valence-corrected chi connectivity index (χ2v) is 5.42. The van der Waals surface area contributed by atoms with Crippen molar-refractivity contribution in [3.8, 4) is 0 Å². The van der Waals surface area contributed by atoms with E-state index in [0.29, 0.717) is 5.02 Å². The molecule has 3 N–H and O–H groups in total. The predicted molar refractivity (Wildman–Crippen MR) is 73.3 cm³/mol. The maximum Gasteiger partial charge on any atom is 0.225 e. The number of nitrogens with one attached hydrogen (secondary N) is 1.